The number of alkyl halides is 6. The largest absolute Gasteiger partial charge is 0.496 e. The first-order valence-electron chi connectivity index (χ1n) is 11.9. The molecular weight excluding hydrogens is 582 g/mol. The number of aliphatic carboxylic acids is 1. The van der Waals surface area contributed by atoms with Crippen LogP contribution in [0, 0.1) is 0 Å². The molecule has 14 heteroatoms. The summed E-state index contributed by atoms with van der Waals surface area (Å²) in [6.07, 6.45) is -12.9. The van der Waals surface area contributed by atoms with Gasteiger partial charge in [-0.15, -0.1) is 0 Å². The Morgan fingerprint density at radius 1 is 1.02 bits per heavy atom. The number of carboxylic acid groups (broad SMARTS) is 1. The summed E-state index contributed by atoms with van der Waals surface area (Å²) in [6.45, 7) is 1.13. The van der Waals surface area contributed by atoms with Gasteiger partial charge in [0.05, 0.1) is 42.9 Å². The van der Waals surface area contributed by atoms with E-state index >= 15 is 0 Å². The van der Waals surface area contributed by atoms with Gasteiger partial charge in [0.15, 0.2) is 0 Å². The molecule has 4 rings (SSSR count). The zero-order valence-corrected chi connectivity index (χ0v) is 22.1. The zero-order valence-electron chi connectivity index (χ0n) is 21.3. The highest BCUT2D eigenvalue weighted by Crippen LogP contribution is 2.42. The molecule has 0 aliphatic carbocycles. The van der Waals surface area contributed by atoms with Crippen LogP contribution in [0.25, 0.3) is 11.1 Å². The Bertz CT molecular complexity index is 1460. The summed E-state index contributed by atoms with van der Waals surface area (Å²) in [5, 5.41) is 9.23. The first-order valence-corrected chi connectivity index (χ1v) is 12.3. The molecule has 0 bridgehead atoms. The maximum atomic E-state index is 13.4. The summed E-state index contributed by atoms with van der Waals surface area (Å²) in [4.78, 5) is 29.5. The Morgan fingerprint density at radius 3 is 2.22 bits per heavy atom. The summed E-state index contributed by atoms with van der Waals surface area (Å²) in [7, 11) is 1.40. The summed E-state index contributed by atoms with van der Waals surface area (Å²) in [5.74, 6) is -0.721. The average Bonchev–Trinajstić information content (AvgIpc) is 3.15. The number of aromatic nitrogens is 1. The van der Waals surface area contributed by atoms with E-state index < -0.39 is 53.3 Å². The minimum atomic E-state index is -5.07. The van der Waals surface area contributed by atoms with Crippen molar-refractivity contribution >= 4 is 23.7 Å². The van der Waals surface area contributed by atoms with Crippen molar-refractivity contribution in [2.24, 2.45) is 0 Å². The number of hydrogen-bond donors (Lipinski definition) is 1. The molecule has 0 unspecified atom stereocenters. The molecule has 1 aromatic heterocycles. The predicted molar refractivity (Wildman–Crippen MR) is 133 cm³/mol. The molecule has 218 valence electrons. The minimum Gasteiger partial charge on any atom is -0.496 e. The molecule has 2 aromatic carbocycles. The van der Waals surface area contributed by atoms with Crippen LogP contribution in [0.3, 0.4) is 0 Å². The van der Waals surface area contributed by atoms with Crippen molar-refractivity contribution in [3.8, 4) is 16.9 Å². The topological polar surface area (TPSA) is 89.0 Å². The van der Waals surface area contributed by atoms with E-state index in [0.717, 1.165) is 4.90 Å². The van der Waals surface area contributed by atoms with Crippen LogP contribution < -0.4 is 4.74 Å². The van der Waals surface area contributed by atoms with Crippen molar-refractivity contribution in [2.45, 2.75) is 44.4 Å². The number of hydrogen-bond acceptors (Lipinski definition) is 5. The van der Waals surface area contributed by atoms with Crippen LogP contribution >= 0.6 is 11.6 Å². The molecule has 1 aliphatic heterocycles. The molecule has 7 nitrogen and oxygen atoms in total. The number of carbonyl (C=O) groups is 2. The van der Waals surface area contributed by atoms with Gasteiger partial charge >= 0.3 is 24.4 Å². The lowest BCUT2D eigenvalue weighted by molar-refractivity contribution is -0.143. The number of nitrogens with zero attached hydrogens (tertiary/aromatic N) is 2. The number of carbonyl (C=O) groups excluding carboxylic acids is 1. The third kappa shape index (κ3) is 6.50. The highest BCUT2D eigenvalue weighted by Gasteiger charge is 2.43. The average molecular weight is 603 g/mol. The van der Waals surface area contributed by atoms with E-state index in [0.29, 0.717) is 34.6 Å². The fourth-order valence-corrected chi connectivity index (χ4v) is 4.72. The molecule has 0 saturated carbocycles. The number of cyclic esters (lactones) is 1. The molecular formula is C27H21ClF6N2O5. The number of pyridine rings is 1. The smallest absolute Gasteiger partial charge is 0.416 e. The van der Waals surface area contributed by atoms with Crippen molar-refractivity contribution in [3.05, 3.63) is 81.6 Å². The van der Waals surface area contributed by atoms with E-state index in [2.05, 4.69) is 4.98 Å². The normalized spacial score (nSPS) is 17.5. The third-order valence-electron chi connectivity index (χ3n) is 6.50. The Labute approximate surface area is 234 Å². The summed E-state index contributed by atoms with van der Waals surface area (Å²) in [6, 6.07) is 7.74. The maximum absolute atomic E-state index is 13.4. The van der Waals surface area contributed by atoms with Crippen molar-refractivity contribution < 1.29 is 50.5 Å². The predicted octanol–water partition coefficient (Wildman–Crippen LogP) is 7.16. The molecule has 2 heterocycles. The van der Waals surface area contributed by atoms with Crippen molar-refractivity contribution in [3.63, 3.8) is 0 Å². The van der Waals surface area contributed by atoms with Gasteiger partial charge in [0.25, 0.3) is 0 Å². The molecule has 41 heavy (non-hydrogen) atoms. The van der Waals surface area contributed by atoms with Gasteiger partial charge in [-0.25, -0.2) is 9.78 Å². The van der Waals surface area contributed by atoms with Crippen LogP contribution in [-0.4, -0.2) is 40.2 Å². The second-order valence-corrected chi connectivity index (χ2v) is 9.63. The Hall–Kier alpha value is -4.00. The minimum absolute atomic E-state index is 0.00324. The van der Waals surface area contributed by atoms with Gasteiger partial charge in [-0.1, -0.05) is 17.7 Å². The second-order valence-electron chi connectivity index (χ2n) is 9.25. The van der Waals surface area contributed by atoms with Gasteiger partial charge in [-0.3, -0.25) is 9.69 Å². The molecule has 0 spiro atoms. The highest BCUT2D eigenvalue weighted by molar-refractivity contribution is 6.29. The molecule has 1 amide bonds. The van der Waals surface area contributed by atoms with E-state index in [1.54, 1.807) is 24.3 Å². The molecule has 1 fully saturated rings. The van der Waals surface area contributed by atoms with E-state index in [1.807, 2.05) is 0 Å². The first-order chi connectivity index (χ1) is 19.1. The number of carboxylic acids is 1. The lowest BCUT2D eigenvalue weighted by Crippen LogP contribution is -2.32. The molecule has 3 aromatic rings. The fraction of sp³-hybridized carbons (Fsp3) is 0.296. The van der Waals surface area contributed by atoms with E-state index in [4.69, 9.17) is 21.1 Å². The van der Waals surface area contributed by atoms with Crippen molar-refractivity contribution in [2.75, 3.05) is 7.11 Å². The van der Waals surface area contributed by atoms with E-state index in [9.17, 15) is 41.0 Å². The Balaban J connectivity index is 1.73. The van der Waals surface area contributed by atoms with Crippen LogP contribution in [0.15, 0.2) is 48.5 Å². The van der Waals surface area contributed by atoms with Crippen LogP contribution in [0.5, 0.6) is 5.75 Å². The second kappa shape index (κ2) is 11.1. The lowest BCUT2D eigenvalue weighted by atomic mass is 9.96. The SMILES string of the molecule is COc1ccc(CC(=O)O)cc1-c1ccc(Cl)nc1CN1C(=O)O[C@H](c2cc(C(F)(F)F)cc(C(F)(F)F)c2)[C@@H]1C. The summed E-state index contributed by atoms with van der Waals surface area (Å²) >= 11 is 6.11. The standard InChI is InChI=1S/C27H21ClF6N2O5/c1-13-24(15-9-16(26(29,30)31)11-17(10-15)27(32,33)34)41-25(39)36(13)12-20-18(4-6-22(28)35-20)19-7-14(8-23(37)38)3-5-21(19)40-2/h3-7,9-11,13,24H,8,12H2,1-2H3,(H,37,38)/t13-,24-/m0/s1. The van der Waals surface area contributed by atoms with Crippen LogP contribution in [0.4, 0.5) is 31.1 Å². The van der Waals surface area contributed by atoms with Crippen molar-refractivity contribution in [1.82, 2.24) is 9.88 Å². The van der Waals surface area contributed by atoms with E-state index in [-0.39, 0.29) is 29.9 Å². The fourth-order valence-electron chi connectivity index (χ4n) is 4.55. The number of benzene rings is 2. The maximum Gasteiger partial charge on any atom is 0.416 e. The third-order valence-corrected chi connectivity index (χ3v) is 6.71. The van der Waals surface area contributed by atoms with Gasteiger partial charge in [-0.2, -0.15) is 26.3 Å². The van der Waals surface area contributed by atoms with Gasteiger partial charge in [0, 0.05) is 11.1 Å². The monoisotopic (exact) mass is 602 g/mol. The Morgan fingerprint density at radius 2 is 1.66 bits per heavy atom. The summed E-state index contributed by atoms with van der Waals surface area (Å²) in [5.41, 5.74) is -2.07. The lowest BCUT2D eigenvalue weighted by Gasteiger charge is -2.23. The van der Waals surface area contributed by atoms with Gasteiger partial charge in [0.2, 0.25) is 0 Å². The number of methoxy groups -OCH3 is 1. The van der Waals surface area contributed by atoms with Gasteiger partial charge in [-0.05, 0) is 60.5 Å². The zero-order chi connectivity index (χ0) is 30.3. The molecule has 1 saturated heterocycles. The van der Waals surface area contributed by atoms with Gasteiger partial charge < -0.3 is 14.6 Å². The highest BCUT2D eigenvalue weighted by atomic mass is 35.5. The first kappa shape index (κ1) is 30.0. The molecule has 1 aliphatic rings. The summed E-state index contributed by atoms with van der Waals surface area (Å²) < 4.78 is 91.2. The van der Waals surface area contributed by atoms with E-state index in [1.165, 1.54) is 20.1 Å². The molecule has 2 atom stereocenters. The van der Waals surface area contributed by atoms with Crippen LogP contribution in [0.1, 0.15) is 41.0 Å². The Kier molecular flexibility index (Phi) is 8.12. The number of halogens is 7. The molecule has 0 radical (unpaired) electrons. The van der Waals surface area contributed by atoms with Gasteiger partial charge in [0.1, 0.15) is 17.0 Å². The van der Waals surface area contributed by atoms with Crippen LogP contribution in [0.2, 0.25) is 5.15 Å². The van der Waals surface area contributed by atoms with Crippen LogP contribution in [-0.2, 0) is 34.8 Å². The quantitative estimate of drug-likeness (QED) is 0.228. The molecule has 1 N–H and O–H groups in total. The number of amides is 1. The number of ether oxygens (including phenoxy) is 2. The number of rotatable bonds is 7. The van der Waals surface area contributed by atoms with Crippen molar-refractivity contribution in [1.29, 1.82) is 0 Å².